The molecule has 0 saturated heterocycles. The van der Waals surface area contributed by atoms with E-state index in [1.165, 1.54) is 13.2 Å². The first kappa shape index (κ1) is 11.3. The molecule has 6 heteroatoms. The number of sulfonamides is 1. The maximum absolute atomic E-state index is 11.2. The lowest BCUT2D eigenvalue weighted by Crippen LogP contribution is -2.15. The maximum atomic E-state index is 11.2. The van der Waals surface area contributed by atoms with Crippen LogP contribution in [0, 0.1) is 6.92 Å². The van der Waals surface area contributed by atoms with E-state index in [0.717, 1.165) is 0 Å². The SMILES string of the molecule is COc1ccc(Cl)c(C)c1S(N)(=O)=O. The van der Waals surface area contributed by atoms with Crippen LogP contribution in [0.3, 0.4) is 0 Å². The van der Waals surface area contributed by atoms with Crippen LogP contribution in [0.5, 0.6) is 5.75 Å². The highest BCUT2D eigenvalue weighted by Gasteiger charge is 2.19. The van der Waals surface area contributed by atoms with Gasteiger partial charge in [0.2, 0.25) is 10.0 Å². The molecular formula is C8H10ClNO3S. The van der Waals surface area contributed by atoms with Gasteiger partial charge in [-0.3, -0.25) is 0 Å². The van der Waals surface area contributed by atoms with E-state index in [2.05, 4.69) is 0 Å². The van der Waals surface area contributed by atoms with Gasteiger partial charge in [0.25, 0.3) is 0 Å². The van der Waals surface area contributed by atoms with E-state index in [0.29, 0.717) is 10.6 Å². The zero-order valence-corrected chi connectivity index (χ0v) is 9.32. The number of rotatable bonds is 2. The van der Waals surface area contributed by atoms with Gasteiger partial charge < -0.3 is 4.74 Å². The fraction of sp³-hybridized carbons (Fsp3) is 0.250. The minimum Gasteiger partial charge on any atom is -0.495 e. The summed E-state index contributed by atoms with van der Waals surface area (Å²) >= 11 is 5.77. The van der Waals surface area contributed by atoms with Crippen LogP contribution in [0.15, 0.2) is 17.0 Å². The number of methoxy groups -OCH3 is 1. The van der Waals surface area contributed by atoms with Crippen molar-refractivity contribution in [1.82, 2.24) is 0 Å². The van der Waals surface area contributed by atoms with Crippen LogP contribution in [-0.4, -0.2) is 15.5 Å². The molecule has 0 spiro atoms. The summed E-state index contributed by atoms with van der Waals surface area (Å²) in [7, 11) is -2.44. The molecule has 14 heavy (non-hydrogen) atoms. The number of hydrogen-bond donors (Lipinski definition) is 1. The van der Waals surface area contributed by atoms with Crippen LogP contribution in [0.25, 0.3) is 0 Å². The fourth-order valence-electron chi connectivity index (χ4n) is 1.16. The molecule has 0 heterocycles. The molecule has 2 N–H and O–H groups in total. The third-order valence-electron chi connectivity index (χ3n) is 1.81. The minimum absolute atomic E-state index is 0.0625. The smallest absolute Gasteiger partial charge is 0.242 e. The average Bonchev–Trinajstić information content (AvgIpc) is 2.07. The first-order valence-electron chi connectivity index (χ1n) is 3.74. The van der Waals surface area contributed by atoms with Gasteiger partial charge in [0.05, 0.1) is 7.11 Å². The molecule has 1 rings (SSSR count). The molecule has 4 nitrogen and oxygen atoms in total. The first-order chi connectivity index (χ1) is 6.38. The van der Waals surface area contributed by atoms with Crippen molar-refractivity contribution < 1.29 is 13.2 Å². The van der Waals surface area contributed by atoms with Crippen LogP contribution < -0.4 is 9.88 Å². The summed E-state index contributed by atoms with van der Waals surface area (Å²) in [5.41, 5.74) is 0.397. The standard InChI is InChI=1S/C8H10ClNO3S/c1-5-6(9)3-4-7(13-2)8(5)14(10,11)12/h3-4H,1-2H3,(H2,10,11,12). The Balaban J connectivity index is 3.60. The van der Waals surface area contributed by atoms with Gasteiger partial charge in [-0.25, -0.2) is 13.6 Å². The Bertz CT molecular complexity index is 456. The Morgan fingerprint density at radius 3 is 2.43 bits per heavy atom. The molecule has 0 aliphatic rings. The summed E-state index contributed by atoms with van der Waals surface area (Å²) in [5.74, 6) is 0.203. The van der Waals surface area contributed by atoms with Crippen molar-refractivity contribution in [2.75, 3.05) is 7.11 Å². The van der Waals surface area contributed by atoms with Gasteiger partial charge in [-0.1, -0.05) is 11.6 Å². The second-order valence-electron chi connectivity index (χ2n) is 2.75. The molecule has 0 unspecified atom stereocenters. The minimum atomic E-state index is -3.81. The van der Waals surface area contributed by atoms with Gasteiger partial charge in [0.15, 0.2) is 0 Å². The van der Waals surface area contributed by atoms with Crippen molar-refractivity contribution in [1.29, 1.82) is 0 Å². The second kappa shape index (κ2) is 3.76. The third kappa shape index (κ3) is 2.00. The Hall–Kier alpha value is -0.780. The molecule has 0 aliphatic carbocycles. The predicted octanol–water partition coefficient (Wildman–Crippen LogP) is 1.30. The van der Waals surface area contributed by atoms with Gasteiger partial charge in [-0.05, 0) is 24.6 Å². The molecule has 78 valence electrons. The number of hydrogen-bond acceptors (Lipinski definition) is 3. The molecule has 0 fully saturated rings. The molecule has 1 aromatic carbocycles. The number of nitrogens with two attached hydrogens (primary N) is 1. The highest BCUT2D eigenvalue weighted by molar-refractivity contribution is 7.89. The van der Waals surface area contributed by atoms with Crippen molar-refractivity contribution in [2.24, 2.45) is 5.14 Å². The van der Waals surface area contributed by atoms with Crippen molar-refractivity contribution in [3.05, 3.63) is 22.7 Å². The van der Waals surface area contributed by atoms with Gasteiger partial charge >= 0.3 is 0 Å². The monoisotopic (exact) mass is 235 g/mol. The van der Waals surface area contributed by atoms with E-state index in [1.807, 2.05) is 0 Å². The van der Waals surface area contributed by atoms with Crippen LogP contribution in [0.2, 0.25) is 5.02 Å². The molecule has 1 aromatic rings. The Morgan fingerprint density at radius 2 is 2.00 bits per heavy atom. The highest BCUT2D eigenvalue weighted by Crippen LogP contribution is 2.30. The highest BCUT2D eigenvalue weighted by atomic mass is 35.5. The number of ether oxygens (including phenoxy) is 1. The van der Waals surface area contributed by atoms with E-state index >= 15 is 0 Å². The van der Waals surface area contributed by atoms with Gasteiger partial charge in [-0.15, -0.1) is 0 Å². The largest absolute Gasteiger partial charge is 0.495 e. The van der Waals surface area contributed by atoms with Crippen LogP contribution in [0.1, 0.15) is 5.56 Å². The molecule has 0 aromatic heterocycles. The molecule has 0 radical (unpaired) electrons. The Kier molecular flexibility index (Phi) is 3.04. The van der Waals surface area contributed by atoms with Gasteiger partial charge in [-0.2, -0.15) is 0 Å². The number of benzene rings is 1. The number of primary sulfonamides is 1. The molecule has 0 aliphatic heterocycles. The molecule has 0 amide bonds. The maximum Gasteiger partial charge on any atom is 0.242 e. The zero-order chi connectivity index (χ0) is 10.9. The van der Waals surface area contributed by atoms with Crippen molar-refractivity contribution in [3.63, 3.8) is 0 Å². The quantitative estimate of drug-likeness (QED) is 0.840. The van der Waals surface area contributed by atoms with E-state index < -0.39 is 10.0 Å². The van der Waals surface area contributed by atoms with E-state index in [4.69, 9.17) is 21.5 Å². The predicted molar refractivity (Wildman–Crippen MR) is 54.1 cm³/mol. The molecule has 0 atom stereocenters. The summed E-state index contributed by atoms with van der Waals surface area (Å²) in [6, 6.07) is 3.03. The van der Waals surface area contributed by atoms with E-state index in [-0.39, 0.29) is 10.6 Å². The average molecular weight is 236 g/mol. The third-order valence-corrected chi connectivity index (χ3v) is 3.29. The van der Waals surface area contributed by atoms with E-state index in [1.54, 1.807) is 13.0 Å². The molecule has 0 bridgehead atoms. The first-order valence-corrected chi connectivity index (χ1v) is 5.66. The topological polar surface area (TPSA) is 69.4 Å². The van der Waals surface area contributed by atoms with Crippen molar-refractivity contribution in [2.45, 2.75) is 11.8 Å². The van der Waals surface area contributed by atoms with Crippen LogP contribution >= 0.6 is 11.6 Å². The summed E-state index contributed by atoms with van der Waals surface area (Å²) < 4.78 is 27.3. The van der Waals surface area contributed by atoms with Gasteiger partial charge in [0.1, 0.15) is 10.6 Å². The Labute approximate surface area is 87.7 Å². The van der Waals surface area contributed by atoms with Crippen LogP contribution in [-0.2, 0) is 10.0 Å². The summed E-state index contributed by atoms with van der Waals surface area (Å²) in [6.07, 6.45) is 0. The second-order valence-corrected chi connectivity index (χ2v) is 4.65. The lowest BCUT2D eigenvalue weighted by Gasteiger charge is -2.10. The number of halogens is 1. The van der Waals surface area contributed by atoms with E-state index in [9.17, 15) is 8.42 Å². The fourth-order valence-corrected chi connectivity index (χ4v) is 2.34. The lowest BCUT2D eigenvalue weighted by atomic mass is 10.2. The van der Waals surface area contributed by atoms with Crippen molar-refractivity contribution in [3.8, 4) is 5.75 Å². The van der Waals surface area contributed by atoms with Crippen LogP contribution in [0.4, 0.5) is 0 Å². The molecular weight excluding hydrogens is 226 g/mol. The summed E-state index contributed by atoms with van der Waals surface area (Å²) in [4.78, 5) is -0.0625. The Morgan fingerprint density at radius 1 is 1.43 bits per heavy atom. The van der Waals surface area contributed by atoms with Gasteiger partial charge in [0, 0.05) is 5.02 Å². The summed E-state index contributed by atoms with van der Waals surface area (Å²) in [6.45, 7) is 1.57. The lowest BCUT2D eigenvalue weighted by molar-refractivity contribution is 0.402. The molecule has 0 saturated carbocycles. The summed E-state index contributed by atoms with van der Waals surface area (Å²) in [5, 5.41) is 5.38. The zero-order valence-electron chi connectivity index (χ0n) is 7.74. The normalized spacial score (nSPS) is 11.4. The van der Waals surface area contributed by atoms with Crippen molar-refractivity contribution >= 4 is 21.6 Å².